The minimum Gasteiger partial charge on any atom is -0.330 e. The molecule has 0 saturated heterocycles. The molecule has 4 heterocycles. The third-order valence-electron chi connectivity index (χ3n) is 5.36. The van der Waals surface area contributed by atoms with Crippen LogP contribution in [0.1, 0.15) is 22.6 Å². The van der Waals surface area contributed by atoms with E-state index < -0.39 is 0 Å². The first-order valence-corrected chi connectivity index (χ1v) is 11.5. The monoisotopic (exact) mass is 446 g/mol. The topological polar surface area (TPSA) is 105 Å². The van der Waals surface area contributed by atoms with Crippen LogP contribution in [0.25, 0.3) is 27.6 Å². The van der Waals surface area contributed by atoms with Crippen LogP contribution in [0, 0.1) is 6.92 Å². The molecule has 9 heteroatoms. The summed E-state index contributed by atoms with van der Waals surface area (Å²) in [7, 11) is 0. The largest absolute Gasteiger partial charge is 0.330 e. The van der Waals surface area contributed by atoms with Crippen molar-refractivity contribution in [2.75, 3.05) is 19.8 Å². The number of rotatable bonds is 8. The van der Waals surface area contributed by atoms with Gasteiger partial charge in [0.15, 0.2) is 5.84 Å². The van der Waals surface area contributed by atoms with Crippen LogP contribution in [-0.4, -0.2) is 40.0 Å². The van der Waals surface area contributed by atoms with Crippen LogP contribution >= 0.6 is 11.3 Å². The van der Waals surface area contributed by atoms with Gasteiger partial charge in [0.05, 0.1) is 16.3 Å². The normalized spacial score (nSPS) is 13.5. The lowest BCUT2D eigenvalue weighted by Gasteiger charge is -2.06. The maximum absolute atomic E-state index is 5.60. The van der Waals surface area contributed by atoms with E-state index in [1.807, 2.05) is 25.1 Å². The number of nitrogens with two attached hydrogens (primary N) is 1. The van der Waals surface area contributed by atoms with Gasteiger partial charge < -0.3 is 16.5 Å². The van der Waals surface area contributed by atoms with Gasteiger partial charge in [-0.25, -0.2) is 20.4 Å². The molecule has 0 atom stereocenters. The first-order valence-electron chi connectivity index (χ1n) is 10.7. The van der Waals surface area contributed by atoms with Gasteiger partial charge in [-0.15, -0.1) is 11.3 Å². The lowest BCUT2D eigenvalue weighted by atomic mass is 10.1. The molecule has 0 bridgehead atoms. The van der Waals surface area contributed by atoms with Gasteiger partial charge in [0.2, 0.25) is 0 Å². The van der Waals surface area contributed by atoms with Crippen molar-refractivity contribution >= 4 is 22.8 Å². The third-order valence-corrected chi connectivity index (χ3v) is 6.42. The highest BCUT2D eigenvalue weighted by molar-refractivity contribution is 7.17. The number of pyridine rings is 1. The summed E-state index contributed by atoms with van der Waals surface area (Å²) in [6.07, 6.45) is 3.12. The van der Waals surface area contributed by atoms with Crippen molar-refractivity contribution < 1.29 is 0 Å². The van der Waals surface area contributed by atoms with Gasteiger partial charge in [-0.1, -0.05) is 36.4 Å². The van der Waals surface area contributed by atoms with Gasteiger partial charge in [0, 0.05) is 18.3 Å². The van der Waals surface area contributed by atoms with E-state index in [9.17, 15) is 0 Å². The maximum atomic E-state index is 5.60. The number of imidazole rings is 1. The zero-order valence-electron chi connectivity index (χ0n) is 17.9. The van der Waals surface area contributed by atoms with Crippen molar-refractivity contribution in [3.8, 4) is 22.0 Å². The molecule has 4 aromatic rings. The van der Waals surface area contributed by atoms with Crippen molar-refractivity contribution in [2.45, 2.75) is 19.9 Å². The van der Waals surface area contributed by atoms with E-state index in [1.165, 1.54) is 5.56 Å². The molecule has 0 amide bonds. The summed E-state index contributed by atoms with van der Waals surface area (Å²) in [6.45, 7) is 4.98. The van der Waals surface area contributed by atoms with Crippen molar-refractivity contribution in [1.29, 1.82) is 0 Å². The maximum Gasteiger partial charge on any atom is 0.156 e. The number of hydrogen-bond donors (Lipinski definition) is 4. The molecule has 32 heavy (non-hydrogen) atoms. The molecule has 0 spiro atoms. The molecule has 0 fully saturated rings. The van der Waals surface area contributed by atoms with Crippen LogP contribution in [0.15, 0.2) is 53.7 Å². The number of fused-ring (bicyclic) bond motifs is 1. The minimum atomic E-state index is 0.548. The lowest BCUT2D eigenvalue weighted by Crippen LogP contribution is -2.30. The van der Waals surface area contributed by atoms with Gasteiger partial charge in [0.1, 0.15) is 23.0 Å². The van der Waals surface area contributed by atoms with Crippen LogP contribution in [0.4, 0.5) is 0 Å². The molecule has 5 rings (SSSR count). The molecular formula is C23H26N8S. The Morgan fingerprint density at radius 3 is 2.81 bits per heavy atom. The number of aryl methyl sites for hydroxylation is 1. The summed E-state index contributed by atoms with van der Waals surface area (Å²) in [5, 5.41) is 4.37. The number of amidine groups is 1. The molecule has 0 unspecified atom stereocenters. The zero-order chi connectivity index (χ0) is 21.9. The fourth-order valence-electron chi connectivity index (χ4n) is 3.81. The molecule has 5 N–H and O–H groups in total. The van der Waals surface area contributed by atoms with E-state index in [1.54, 1.807) is 11.3 Å². The van der Waals surface area contributed by atoms with Gasteiger partial charge in [-0.3, -0.25) is 4.40 Å². The van der Waals surface area contributed by atoms with Crippen LogP contribution < -0.4 is 21.9 Å². The molecule has 0 saturated carbocycles. The van der Waals surface area contributed by atoms with E-state index in [-0.39, 0.29) is 0 Å². The first kappa shape index (κ1) is 20.8. The summed E-state index contributed by atoms with van der Waals surface area (Å²) < 4.78 is 2.15. The minimum absolute atomic E-state index is 0.548. The number of aromatic nitrogens is 3. The number of thiazole rings is 1. The molecule has 1 aromatic carbocycles. The molecule has 164 valence electrons. The van der Waals surface area contributed by atoms with Crippen LogP contribution in [-0.2, 0) is 6.54 Å². The van der Waals surface area contributed by atoms with Crippen molar-refractivity contribution in [1.82, 2.24) is 30.5 Å². The third kappa shape index (κ3) is 4.03. The van der Waals surface area contributed by atoms with E-state index in [2.05, 4.69) is 56.0 Å². The fourth-order valence-corrected chi connectivity index (χ4v) is 4.96. The van der Waals surface area contributed by atoms with Gasteiger partial charge >= 0.3 is 0 Å². The predicted molar refractivity (Wildman–Crippen MR) is 130 cm³/mol. The van der Waals surface area contributed by atoms with E-state index >= 15 is 0 Å². The first-order chi connectivity index (χ1) is 15.7. The Labute approximate surface area is 190 Å². The predicted octanol–water partition coefficient (Wildman–Crippen LogP) is 2.68. The summed E-state index contributed by atoms with van der Waals surface area (Å²) in [4.78, 5) is 15.4. The summed E-state index contributed by atoms with van der Waals surface area (Å²) in [5.74, 6) is 0.823. The highest BCUT2D eigenvalue weighted by atomic mass is 32.1. The van der Waals surface area contributed by atoms with Crippen molar-refractivity contribution in [3.05, 3.63) is 64.8 Å². The molecule has 1 aliphatic heterocycles. The standard InChI is InChI=1S/C23H26N8S/c1-15-20(31-13-16(8-9-18(31)28-15)12-25-11-5-10-24)23-29-19(17-6-3-2-4-7-17)21(32-23)22-26-14-27-30-22/h2-4,6-9,13,25,27H,5,10-12,14,24H2,1H3,(H,26,30). The van der Waals surface area contributed by atoms with Crippen molar-refractivity contribution in [3.63, 3.8) is 0 Å². The van der Waals surface area contributed by atoms with Gasteiger partial charge in [0.25, 0.3) is 0 Å². The average molecular weight is 447 g/mol. The van der Waals surface area contributed by atoms with Gasteiger partial charge in [-0.2, -0.15) is 0 Å². The highest BCUT2D eigenvalue weighted by Gasteiger charge is 2.23. The Balaban J connectivity index is 1.58. The Morgan fingerprint density at radius 2 is 2.03 bits per heavy atom. The number of benzene rings is 1. The molecule has 3 aromatic heterocycles. The summed E-state index contributed by atoms with van der Waals surface area (Å²) >= 11 is 1.63. The molecular weight excluding hydrogens is 420 g/mol. The second kappa shape index (κ2) is 9.17. The smallest absolute Gasteiger partial charge is 0.156 e. The average Bonchev–Trinajstić information content (AvgIpc) is 3.55. The number of aliphatic imine (C=N–C) groups is 1. The SMILES string of the molecule is Cc1nc2ccc(CNCCCN)cn2c1-c1nc(-c2ccccc2)c(C2=NCNN2)s1. The second-order valence-corrected chi connectivity index (χ2v) is 8.66. The Hall–Kier alpha value is -3.11. The van der Waals surface area contributed by atoms with E-state index in [0.717, 1.165) is 63.5 Å². The van der Waals surface area contributed by atoms with Gasteiger partial charge in [-0.05, 0) is 38.1 Å². The van der Waals surface area contributed by atoms with Crippen LogP contribution in [0.5, 0.6) is 0 Å². The lowest BCUT2D eigenvalue weighted by molar-refractivity contribution is 0.654. The van der Waals surface area contributed by atoms with E-state index in [4.69, 9.17) is 15.7 Å². The molecule has 1 aliphatic rings. The van der Waals surface area contributed by atoms with E-state index in [0.29, 0.717) is 13.2 Å². The number of nitrogens with zero attached hydrogens (tertiary/aromatic N) is 4. The van der Waals surface area contributed by atoms with Crippen molar-refractivity contribution in [2.24, 2.45) is 10.7 Å². The second-order valence-electron chi connectivity index (χ2n) is 7.66. The highest BCUT2D eigenvalue weighted by Crippen LogP contribution is 2.36. The summed E-state index contributed by atoms with van der Waals surface area (Å²) in [6, 6.07) is 14.4. The van der Waals surface area contributed by atoms with Crippen LogP contribution in [0.2, 0.25) is 0 Å². The quantitative estimate of drug-likeness (QED) is 0.310. The fraction of sp³-hybridized carbons (Fsp3) is 0.261. The molecule has 0 radical (unpaired) electrons. The molecule has 8 nitrogen and oxygen atoms in total. The van der Waals surface area contributed by atoms with Crippen LogP contribution in [0.3, 0.4) is 0 Å². The molecule has 0 aliphatic carbocycles. The Morgan fingerprint density at radius 1 is 1.16 bits per heavy atom. The summed E-state index contributed by atoms with van der Waals surface area (Å²) in [5.41, 5.74) is 17.9. The number of hydrogen-bond acceptors (Lipinski definition) is 8. The number of nitrogens with one attached hydrogen (secondary N) is 3. The Bertz CT molecular complexity index is 1260. The Kier molecular flexibility index (Phi) is 5.95. The zero-order valence-corrected chi connectivity index (χ0v) is 18.7. The number of hydrazine groups is 1.